The number of aryl methyl sites for hydroxylation is 2. The molecule has 0 bridgehead atoms. The van der Waals surface area contributed by atoms with Gasteiger partial charge >= 0.3 is 16.4 Å². The van der Waals surface area contributed by atoms with Gasteiger partial charge in [-0.15, -0.1) is 9.79 Å². The maximum absolute atomic E-state index is 12.1. The summed E-state index contributed by atoms with van der Waals surface area (Å²) in [6.45, 7) is 12.1. The fourth-order valence-electron chi connectivity index (χ4n) is 6.81. The van der Waals surface area contributed by atoms with Crippen molar-refractivity contribution in [2.75, 3.05) is 0 Å². The fourth-order valence-corrected chi connectivity index (χ4v) is 8.77. The Kier molecular flexibility index (Phi) is 15.7. The Morgan fingerprint density at radius 3 is 0.979 bits per heavy atom. The van der Waals surface area contributed by atoms with Crippen molar-refractivity contribution >= 4 is 16.4 Å². The first-order valence-electron chi connectivity index (χ1n) is 16.9. The Morgan fingerprint density at radius 1 is 0.500 bits per heavy atom. The van der Waals surface area contributed by atoms with E-state index < -0.39 is 16.4 Å². The highest BCUT2D eigenvalue weighted by atomic mass is 31.1. The molecule has 4 unspecified atom stereocenters. The highest BCUT2D eigenvalue weighted by Gasteiger charge is 2.46. The van der Waals surface area contributed by atoms with Crippen LogP contribution in [-0.4, -0.2) is 42.3 Å². The van der Waals surface area contributed by atoms with E-state index in [1.54, 1.807) is 9.34 Å². The van der Waals surface area contributed by atoms with Crippen LogP contribution in [-0.2, 0) is 34.8 Å². The van der Waals surface area contributed by atoms with Crippen molar-refractivity contribution in [2.45, 2.75) is 103 Å². The summed E-state index contributed by atoms with van der Waals surface area (Å²) >= 11 is 0. The lowest BCUT2D eigenvalue weighted by atomic mass is 9.86. The zero-order chi connectivity index (χ0) is 35.2. The van der Waals surface area contributed by atoms with Gasteiger partial charge in [0, 0.05) is 0 Å². The Bertz CT molecular complexity index is 1410. The van der Waals surface area contributed by atoms with Crippen molar-refractivity contribution in [3.8, 4) is 0 Å². The van der Waals surface area contributed by atoms with Gasteiger partial charge in [-0.3, -0.25) is 0 Å². The summed E-state index contributed by atoms with van der Waals surface area (Å²) in [5.41, 5.74) is 4.13. The second kappa shape index (κ2) is 19.2. The number of hydrogen-bond acceptors (Lipinski definition) is 2. The summed E-state index contributed by atoms with van der Waals surface area (Å²) in [4.78, 5) is 19.9. The highest BCUT2D eigenvalue weighted by Crippen LogP contribution is 2.40. The van der Waals surface area contributed by atoms with Crippen molar-refractivity contribution < 1.29 is 18.9 Å². The lowest BCUT2D eigenvalue weighted by molar-refractivity contribution is 0.146. The zero-order valence-electron chi connectivity index (χ0n) is 29.4. The third-order valence-corrected chi connectivity index (χ3v) is 11.5. The molecule has 48 heavy (non-hydrogen) atoms. The molecule has 2 N–H and O–H groups in total. The molecule has 0 aliphatic carbocycles. The molecule has 6 nitrogen and oxygen atoms in total. The molecule has 0 aromatic heterocycles. The molecule has 0 amide bonds. The first kappa shape index (κ1) is 39.4. The van der Waals surface area contributed by atoms with Crippen molar-refractivity contribution in [1.82, 2.24) is 9.34 Å². The maximum atomic E-state index is 12.1. The minimum atomic E-state index is -2.38. The van der Waals surface area contributed by atoms with Gasteiger partial charge in [0.1, 0.15) is 0 Å². The minimum absolute atomic E-state index is 0.00287. The molecule has 4 aromatic carbocycles. The smallest absolute Gasteiger partial charge is 0.144 e. The van der Waals surface area contributed by atoms with Gasteiger partial charge < -0.3 is 0 Å². The minimum Gasteiger partial charge on any atom is -0.144 e. The highest BCUT2D eigenvalue weighted by molar-refractivity contribution is 7.35. The van der Waals surface area contributed by atoms with E-state index in [0.29, 0.717) is 0 Å². The van der Waals surface area contributed by atoms with Crippen molar-refractivity contribution in [3.63, 3.8) is 0 Å². The molecule has 0 saturated heterocycles. The number of hydrogen-bond donors (Lipinski definition) is 2. The van der Waals surface area contributed by atoms with Crippen LogP contribution in [0.15, 0.2) is 121 Å². The molecule has 256 valence electrons. The average Bonchev–Trinajstić information content (AvgIpc) is 3.04. The first-order valence-corrected chi connectivity index (χ1v) is 19.2. The predicted molar refractivity (Wildman–Crippen MR) is 200 cm³/mol. The van der Waals surface area contributed by atoms with Crippen LogP contribution in [0.25, 0.3) is 0 Å². The molecule has 0 aliphatic heterocycles. The van der Waals surface area contributed by atoms with Gasteiger partial charge in [-0.1, -0.05) is 131 Å². The van der Waals surface area contributed by atoms with E-state index in [-0.39, 0.29) is 23.2 Å². The van der Waals surface area contributed by atoms with E-state index in [9.17, 15) is 18.9 Å². The molecule has 8 heteroatoms. The summed E-state index contributed by atoms with van der Waals surface area (Å²) in [6, 6.07) is 41.1. The molecular weight excluding hydrogens is 634 g/mol. The zero-order valence-corrected chi connectivity index (χ0v) is 31.2. The second-order valence-electron chi connectivity index (χ2n) is 13.7. The second-order valence-corrected chi connectivity index (χ2v) is 15.5. The molecule has 0 radical (unpaired) electrons. The van der Waals surface area contributed by atoms with Gasteiger partial charge in [-0.05, 0) is 111 Å². The molecule has 0 aliphatic rings. The third-order valence-electron chi connectivity index (χ3n) is 8.90. The van der Waals surface area contributed by atoms with E-state index in [2.05, 4.69) is 62.4 Å². The topological polar surface area (TPSA) is 81.1 Å². The first-order chi connectivity index (χ1) is 22.8. The van der Waals surface area contributed by atoms with Crippen LogP contribution in [0, 0.1) is 0 Å². The Hall–Kier alpha value is -3.08. The van der Waals surface area contributed by atoms with Crippen LogP contribution in [0.5, 0.6) is 0 Å². The molecule has 4 rings (SSSR count). The molecule has 4 atom stereocenters. The van der Waals surface area contributed by atoms with Crippen LogP contribution < -0.4 is 0 Å². The largest absolute Gasteiger partial charge is 0.613 e. The van der Waals surface area contributed by atoms with Crippen LogP contribution in [0.2, 0.25) is 0 Å². The van der Waals surface area contributed by atoms with Crippen molar-refractivity contribution in [2.24, 2.45) is 0 Å². The number of rotatable bonds is 16. The molecule has 4 aromatic rings. The number of benzene rings is 4. The Morgan fingerprint density at radius 2 is 0.750 bits per heavy atom. The standard InChI is InChI=1S/2C20H26NO2P/c2*1-17(2)21(24(22)23)20(3,16-19-12-8-5-9-13-19)15-14-18-10-6-4-7-11-18/h2*4-13,17H,14-16H2,1-3H3/p+2. The van der Waals surface area contributed by atoms with E-state index in [1.807, 2.05) is 100 Å². The van der Waals surface area contributed by atoms with Crippen LogP contribution in [0.3, 0.4) is 0 Å². The summed E-state index contributed by atoms with van der Waals surface area (Å²) in [5, 5.41) is 0. The molecule has 0 spiro atoms. The van der Waals surface area contributed by atoms with E-state index >= 15 is 0 Å². The maximum Gasteiger partial charge on any atom is 0.613 e. The quantitative estimate of drug-likeness (QED) is 0.114. The Labute approximate surface area is 290 Å². The summed E-state index contributed by atoms with van der Waals surface area (Å²) in [5.74, 6) is 0. The fraction of sp³-hybridized carbons (Fsp3) is 0.400. The van der Waals surface area contributed by atoms with Crippen LogP contribution >= 0.6 is 16.4 Å². The molecule has 0 saturated carbocycles. The number of nitrogens with zero attached hydrogens (tertiary/aromatic N) is 2. The summed E-state index contributed by atoms with van der Waals surface area (Å²) < 4.78 is 27.7. The monoisotopic (exact) mass is 688 g/mol. The van der Waals surface area contributed by atoms with Gasteiger partial charge in [0.05, 0.1) is 23.2 Å². The van der Waals surface area contributed by atoms with E-state index in [1.165, 1.54) is 22.3 Å². The van der Waals surface area contributed by atoms with Gasteiger partial charge in [-0.2, -0.15) is 0 Å². The van der Waals surface area contributed by atoms with Gasteiger partial charge in [0.15, 0.2) is 0 Å². The lowest BCUT2D eigenvalue weighted by Gasteiger charge is -2.35. The van der Waals surface area contributed by atoms with E-state index in [0.717, 1.165) is 38.5 Å². The van der Waals surface area contributed by atoms with Crippen molar-refractivity contribution in [3.05, 3.63) is 144 Å². The lowest BCUT2D eigenvalue weighted by Crippen LogP contribution is -2.47. The van der Waals surface area contributed by atoms with E-state index in [4.69, 9.17) is 0 Å². The predicted octanol–water partition coefficient (Wildman–Crippen LogP) is 9.96. The van der Waals surface area contributed by atoms with Crippen LogP contribution in [0.4, 0.5) is 0 Å². The van der Waals surface area contributed by atoms with Crippen molar-refractivity contribution in [1.29, 1.82) is 0 Å². The Balaban J connectivity index is 0.000000260. The van der Waals surface area contributed by atoms with Crippen LogP contribution in [0.1, 0.15) is 76.6 Å². The average molecular weight is 689 g/mol. The summed E-state index contributed by atoms with van der Waals surface area (Å²) in [6.07, 6.45) is 4.92. The van der Waals surface area contributed by atoms with Gasteiger partial charge in [0.2, 0.25) is 0 Å². The third kappa shape index (κ3) is 12.1. The molecular formula is C40H54N2O4P2+2. The SMILES string of the molecule is CC(C)N([P+](=O)O)C(C)(CCc1ccccc1)Cc1ccccc1.CC(C)N([P+](=O)O)C(C)(CCc1ccccc1)Cc1ccccc1. The molecule has 0 heterocycles. The van der Waals surface area contributed by atoms with Gasteiger partial charge in [0.25, 0.3) is 0 Å². The normalized spacial score (nSPS) is 14.7. The van der Waals surface area contributed by atoms with Gasteiger partial charge in [-0.25, -0.2) is 0 Å². The molecule has 0 fully saturated rings. The summed E-state index contributed by atoms with van der Waals surface area (Å²) in [7, 11) is -4.77.